The summed E-state index contributed by atoms with van der Waals surface area (Å²) >= 11 is 0. The molecule has 5 nitrogen and oxygen atoms in total. The normalized spacial score (nSPS) is 13.0. The highest BCUT2D eigenvalue weighted by Crippen LogP contribution is 2.34. The van der Waals surface area contributed by atoms with Crippen LogP contribution in [0, 0.1) is 11.2 Å². The summed E-state index contributed by atoms with van der Waals surface area (Å²) in [5.74, 6) is -0.633. The van der Waals surface area contributed by atoms with Crippen LogP contribution in [0.1, 0.15) is 23.1 Å². The van der Waals surface area contributed by atoms with Gasteiger partial charge in [0.25, 0.3) is 5.88 Å². The number of anilines is 1. The summed E-state index contributed by atoms with van der Waals surface area (Å²) in [5.41, 5.74) is 13.4. The predicted molar refractivity (Wildman–Crippen MR) is 78.2 cm³/mol. The molecule has 1 aromatic carbocycles. The predicted octanol–water partition coefficient (Wildman–Crippen LogP) is 2.37. The van der Waals surface area contributed by atoms with Gasteiger partial charge in [-0.1, -0.05) is 12.1 Å². The van der Waals surface area contributed by atoms with Gasteiger partial charge in [-0.2, -0.15) is 4.98 Å². The largest absolute Gasteiger partial charge is 0.436 e. The zero-order valence-corrected chi connectivity index (χ0v) is 11.3. The standard InChI is InChI=1S/C15H15FN4O/c16-11-7-10(13(17)18)14(19)20-15(11)21-12-6-2-4-8-3-1-5-9(8)12/h2,4,6-7H,1,3,5H2,(H3,17,18)(H2,19,20). The SMILES string of the molecule is N=C(N)c1cc(F)c(Oc2cccc3c2CCC3)nc1N. The van der Waals surface area contributed by atoms with E-state index < -0.39 is 5.82 Å². The molecular weight excluding hydrogens is 271 g/mol. The minimum atomic E-state index is -0.690. The van der Waals surface area contributed by atoms with Gasteiger partial charge in [0.1, 0.15) is 17.4 Å². The molecule has 0 atom stereocenters. The summed E-state index contributed by atoms with van der Waals surface area (Å²) in [5, 5.41) is 7.32. The first kappa shape index (κ1) is 13.4. The molecule has 0 radical (unpaired) electrons. The molecule has 3 rings (SSSR count). The Morgan fingerprint density at radius 2 is 2.14 bits per heavy atom. The number of nitrogen functional groups attached to an aromatic ring is 2. The first-order valence-electron chi connectivity index (χ1n) is 6.65. The van der Waals surface area contributed by atoms with Crippen LogP contribution >= 0.6 is 0 Å². The van der Waals surface area contributed by atoms with Crippen LogP contribution in [0.5, 0.6) is 11.6 Å². The maximum absolute atomic E-state index is 14.0. The molecule has 0 bridgehead atoms. The van der Waals surface area contributed by atoms with Crippen LogP contribution in [0.4, 0.5) is 10.2 Å². The van der Waals surface area contributed by atoms with Gasteiger partial charge in [0, 0.05) is 0 Å². The molecule has 1 aliphatic rings. The van der Waals surface area contributed by atoms with Crippen molar-refractivity contribution in [2.45, 2.75) is 19.3 Å². The van der Waals surface area contributed by atoms with Crippen LogP contribution in [-0.4, -0.2) is 10.8 Å². The Morgan fingerprint density at radius 3 is 2.90 bits per heavy atom. The van der Waals surface area contributed by atoms with Gasteiger partial charge in [-0.3, -0.25) is 5.41 Å². The van der Waals surface area contributed by atoms with Crippen LogP contribution in [0.2, 0.25) is 0 Å². The molecule has 0 spiro atoms. The number of fused-ring (bicyclic) bond motifs is 1. The Hall–Kier alpha value is -2.63. The van der Waals surface area contributed by atoms with Crippen LogP contribution in [0.3, 0.4) is 0 Å². The summed E-state index contributed by atoms with van der Waals surface area (Å²) in [6, 6.07) is 6.79. The third-order valence-corrected chi connectivity index (χ3v) is 3.57. The zero-order chi connectivity index (χ0) is 15.0. The number of nitrogens with two attached hydrogens (primary N) is 2. The molecule has 108 valence electrons. The number of hydrogen-bond donors (Lipinski definition) is 3. The second-order valence-electron chi connectivity index (χ2n) is 4.97. The van der Waals surface area contributed by atoms with Crippen molar-refractivity contribution in [2.75, 3.05) is 5.73 Å². The fourth-order valence-corrected chi connectivity index (χ4v) is 2.56. The molecule has 5 N–H and O–H groups in total. The number of amidine groups is 1. The van der Waals surface area contributed by atoms with Gasteiger partial charge < -0.3 is 16.2 Å². The van der Waals surface area contributed by atoms with Gasteiger partial charge >= 0.3 is 0 Å². The first-order chi connectivity index (χ1) is 10.1. The highest BCUT2D eigenvalue weighted by molar-refractivity contribution is 5.99. The van der Waals surface area contributed by atoms with Crippen molar-refractivity contribution in [3.63, 3.8) is 0 Å². The van der Waals surface area contributed by atoms with Crippen molar-refractivity contribution in [3.8, 4) is 11.6 Å². The highest BCUT2D eigenvalue weighted by Gasteiger charge is 2.19. The summed E-state index contributed by atoms with van der Waals surface area (Å²) in [6.07, 6.45) is 2.99. The van der Waals surface area contributed by atoms with Crippen molar-refractivity contribution < 1.29 is 9.13 Å². The Bertz CT molecular complexity index is 730. The van der Waals surface area contributed by atoms with E-state index in [0.29, 0.717) is 5.75 Å². The molecule has 0 amide bonds. The topological polar surface area (TPSA) is 98.0 Å². The fourth-order valence-electron chi connectivity index (χ4n) is 2.56. The maximum atomic E-state index is 14.0. The smallest absolute Gasteiger partial charge is 0.257 e. The Morgan fingerprint density at radius 1 is 1.33 bits per heavy atom. The van der Waals surface area contributed by atoms with Crippen LogP contribution < -0.4 is 16.2 Å². The van der Waals surface area contributed by atoms with Gasteiger partial charge in [0.05, 0.1) is 5.56 Å². The quantitative estimate of drug-likeness (QED) is 0.596. The molecule has 1 aliphatic carbocycles. The number of nitrogens with zero attached hydrogens (tertiary/aromatic N) is 1. The molecule has 1 aromatic heterocycles. The molecule has 0 saturated heterocycles. The average Bonchev–Trinajstić information content (AvgIpc) is 2.91. The third kappa shape index (κ3) is 2.40. The highest BCUT2D eigenvalue weighted by atomic mass is 19.1. The summed E-state index contributed by atoms with van der Waals surface area (Å²) < 4.78 is 19.6. The van der Waals surface area contributed by atoms with E-state index in [1.54, 1.807) is 6.07 Å². The molecule has 0 unspecified atom stereocenters. The van der Waals surface area contributed by atoms with E-state index >= 15 is 0 Å². The van der Waals surface area contributed by atoms with E-state index in [-0.39, 0.29) is 23.1 Å². The minimum Gasteiger partial charge on any atom is -0.436 e. The summed E-state index contributed by atoms with van der Waals surface area (Å²) in [6.45, 7) is 0. The number of ether oxygens (including phenoxy) is 1. The average molecular weight is 286 g/mol. The van der Waals surface area contributed by atoms with E-state index in [0.717, 1.165) is 30.9 Å². The molecular formula is C15H15FN4O. The van der Waals surface area contributed by atoms with Crippen molar-refractivity contribution in [1.29, 1.82) is 5.41 Å². The van der Waals surface area contributed by atoms with E-state index in [4.69, 9.17) is 21.6 Å². The van der Waals surface area contributed by atoms with Crippen molar-refractivity contribution in [2.24, 2.45) is 5.73 Å². The Kier molecular flexibility index (Phi) is 3.21. The lowest BCUT2D eigenvalue weighted by Gasteiger charge is -2.12. The monoisotopic (exact) mass is 286 g/mol. The third-order valence-electron chi connectivity index (χ3n) is 3.57. The first-order valence-corrected chi connectivity index (χ1v) is 6.65. The van der Waals surface area contributed by atoms with E-state index in [1.165, 1.54) is 5.56 Å². The Balaban J connectivity index is 1.98. The summed E-state index contributed by atoms with van der Waals surface area (Å²) in [4.78, 5) is 3.87. The van der Waals surface area contributed by atoms with E-state index in [1.807, 2.05) is 12.1 Å². The summed E-state index contributed by atoms with van der Waals surface area (Å²) in [7, 11) is 0. The number of rotatable bonds is 3. The van der Waals surface area contributed by atoms with Gasteiger partial charge in [0.15, 0.2) is 5.82 Å². The molecule has 0 fully saturated rings. The van der Waals surface area contributed by atoms with Crippen molar-refractivity contribution in [1.82, 2.24) is 4.98 Å². The minimum absolute atomic E-state index is 0.0218. The van der Waals surface area contributed by atoms with E-state index in [9.17, 15) is 4.39 Å². The lowest BCUT2D eigenvalue weighted by molar-refractivity contribution is 0.420. The number of aromatic nitrogens is 1. The second-order valence-corrected chi connectivity index (χ2v) is 4.97. The van der Waals surface area contributed by atoms with Gasteiger partial charge in [-0.15, -0.1) is 0 Å². The molecule has 6 heteroatoms. The number of benzene rings is 1. The number of halogens is 1. The molecule has 21 heavy (non-hydrogen) atoms. The number of pyridine rings is 1. The van der Waals surface area contributed by atoms with Crippen molar-refractivity contribution >= 4 is 11.7 Å². The zero-order valence-electron chi connectivity index (χ0n) is 11.3. The van der Waals surface area contributed by atoms with Crippen molar-refractivity contribution in [3.05, 3.63) is 46.8 Å². The Labute approximate surface area is 121 Å². The molecule has 0 aliphatic heterocycles. The molecule has 1 heterocycles. The van der Waals surface area contributed by atoms with Gasteiger partial charge in [0.2, 0.25) is 0 Å². The number of hydrogen-bond acceptors (Lipinski definition) is 4. The number of aryl methyl sites for hydroxylation is 1. The van der Waals surface area contributed by atoms with Crippen LogP contribution in [0.25, 0.3) is 0 Å². The lowest BCUT2D eigenvalue weighted by atomic mass is 10.1. The molecule has 2 aromatic rings. The van der Waals surface area contributed by atoms with Crippen LogP contribution in [0.15, 0.2) is 24.3 Å². The molecule has 0 saturated carbocycles. The fraction of sp³-hybridized carbons (Fsp3) is 0.200. The maximum Gasteiger partial charge on any atom is 0.257 e. The van der Waals surface area contributed by atoms with E-state index in [2.05, 4.69) is 4.98 Å². The number of nitrogens with one attached hydrogen (secondary N) is 1. The lowest BCUT2D eigenvalue weighted by Crippen LogP contribution is -2.15. The van der Waals surface area contributed by atoms with Gasteiger partial charge in [-0.25, -0.2) is 4.39 Å². The van der Waals surface area contributed by atoms with Gasteiger partial charge in [-0.05, 0) is 42.5 Å². The second kappa shape index (κ2) is 5.05. The van der Waals surface area contributed by atoms with Crippen LogP contribution in [-0.2, 0) is 12.8 Å².